The number of aryl methyl sites for hydroxylation is 2. The molecule has 0 bridgehead atoms. The van der Waals surface area contributed by atoms with E-state index in [1.165, 1.54) is 88.7 Å². The maximum absolute atomic E-state index is 2.32. The molecule has 0 amide bonds. The lowest BCUT2D eigenvalue weighted by molar-refractivity contribution is 1.43. The predicted octanol–water partition coefficient (Wildman–Crippen LogP) is 15.0. The van der Waals surface area contributed by atoms with Gasteiger partial charge in [0.25, 0.3) is 0 Å². The molecule has 56 heavy (non-hydrogen) atoms. The van der Waals surface area contributed by atoms with Gasteiger partial charge in [-0.1, -0.05) is 218 Å². The predicted molar refractivity (Wildman–Crippen MR) is 244 cm³/mol. The van der Waals surface area contributed by atoms with Gasteiger partial charge in [-0.15, -0.1) is 0 Å². The Labute approximate surface area is 331 Å². The van der Waals surface area contributed by atoms with Gasteiger partial charge in [0.15, 0.2) is 0 Å². The molecule has 0 nitrogen and oxygen atoms in total. The molecule has 0 fully saturated rings. The summed E-state index contributed by atoms with van der Waals surface area (Å²) >= 11 is 0. The largest absolute Gasteiger partial charge is 0.0622 e. The van der Waals surface area contributed by atoms with Crippen LogP contribution in [0.5, 0.6) is 0 Å². The summed E-state index contributed by atoms with van der Waals surface area (Å²) in [6.45, 7) is 4.41. The Balaban J connectivity index is 1.09. The van der Waals surface area contributed by atoms with Crippen LogP contribution in [0.25, 0.3) is 58.4 Å². The van der Waals surface area contributed by atoms with Gasteiger partial charge in [0.1, 0.15) is 0 Å². The first-order chi connectivity index (χ1) is 27.6. The van der Waals surface area contributed by atoms with Gasteiger partial charge in [0.05, 0.1) is 0 Å². The smallest absolute Gasteiger partial charge is 0.0105 e. The Morgan fingerprint density at radius 3 is 1.18 bits per heavy atom. The standard InChI is InChI=1S/C56H44/c1-41-37-43(28-32-51(41)39-55(45-17-7-3-8-18-45)46-19-9-4-10-20-46)27-31-50-35-34-49-25-15-16-26-53(49)54(50)36-30-44-29-33-52(42(2)38-44)40-56(47-21-11-5-12-22-47)48-23-13-6-14-24-48/h3-40H,1-2H3/b31-27+,36-30+. The summed E-state index contributed by atoms with van der Waals surface area (Å²) in [6, 6.07) is 69.2. The molecule has 0 radical (unpaired) electrons. The fraction of sp³-hybridized carbons (Fsp3) is 0.0357. The molecule has 0 saturated heterocycles. The highest BCUT2D eigenvalue weighted by atomic mass is 14.1. The summed E-state index contributed by atoms with van der Waals surface area (Å²) in [7, 11) is 0. The highest BCUT2D eigenvalue weighted by Crippen LogP contribution is 2.31. The molecule has 0 aliphatic heterocycles. The molecule has 8 aromatic rings. The van der Waals surface area contributed by atoms with E-state index in [1.54, 1.807) is 0 Å². The lowest BCUT2D eigenvalue weighted by Crippen LogP contribution is -1.90. The van der Waals surface area contributed by atoms with Gasteiger partial charge >= 0.3 is 0 Å². The highest BCUT2D eigenvalue weighted by Gasteiger charge is 2.09. The molecule has 0 aliphatic rings. The van der Waals surface area contributed by atoms with E-state index in [4.69, 9.17) is 0 Å². The van der Waals surface area contributed by atoms with Gasteiger partial charge in [-0.05, 0) is 115 Å². The quantitative estimate of drug-likeness (QED) is 0.124. The van der Waals surface area contributed by atoms with Crippen LogP contribution in [-0.4, -0.2) is 0 Å². The molecule has 0 aliphatic carbocycles. The van der Waals surface area contributed by atoms with Crippen LogP contribution in [0.4, 0.5) is 0 Å². The minimum atomic E-state index is 1.17. The van der Waals surface area contributed by atoms with Crippen molar-refractivity contribution in [3.8, 4) is 0 Å². The second-order valence-corrected chi connectivity index (χ2v) is 14.3. The molecule has 0 atom stereocenters. The van der Waals surface area contributed by atoms with E-state index in [1.807, 2.05) is 0 Å². The lowest BCUT2D eigenvalue weighted by atomic mass is 9.93. The van der Waals surface area contributed by atoms with Gasteiger partial charge in [-0.25, -0.2) is 0 Å². The Hall–Kier alpha value is -7.02. The first-order valence-corrected chi connectivity index (χ1v) is 19.3. The molecule has 0 heterocycles. The molecule has 0 saturated carbocycles. The van der Waals surface area contributed by atoms with Crippen molar-refractivity contribution in [1.82, 2.24) is 0 Å². The Morgan fingerprint density at radius 1 is 0.339 bits per heavy atom. The normalized spacial score (nSPS) is 11.2. The van der Waals surface area contributed by atoms with Gasteiger partial charge in [0.2, 0.25) is 0 Å². The third-order valence-electron chi connectivity index (χ3n) is 10.4. The van der Waals surface area contributed by atoms with E-state index in [-0.39, 0.29) is 0 Å². The van der Waals surface area contributed by atoms with Crippen molar-refractivity contribution >= 4 is 58.4 Å². The van der Waals surface area contributed by atoms with Crippen LogP contribution in [0, 0.1) is 13.8 Å². The van der Waals surface area contributed by atoms with E-state index in [2.05, 4.69) is 244 Å². The molecule has 0 heteroatoms. The van der Waals surface area contributed by atoms with E-state index in [0.717, 1.165) is 0 Å². The third-order valence-corrected chi connectivity index (χ3v) is 10.4. The maximum Gasteiger partial charge on any atom is -0.0105 e. The summed E-state index contributed by atoms with van der Waals surface area (Å²) in [5.41, 5.74) is 16.9. The van der Waals surface area contributed by atoms with Crippen molar-refractivity contribution in [2.24, 2.45) is 0 Å². The van der Waals surface area contributed by atoms with E-state index in [9.17, 15) is 0 Å². The molecule has 8 rings (SSSR count). The number of hydrogen-bond donors (Lipinski definition) is 0. The average molecular weight is 717 g/mol. The number of benzene rings is 8. The molecule has 0 N–H and O–H groups in total. The number of hydrogen-bond acceptors (Lipinski definition) is 0. The molecule has 8 aromatic carbocycles. The molecule has 268 valence electrons. The van der Waals surface area contributed by atoms with Gasteiger partial charge in [-0.3, -0.25) is 0 Å². The summed E-state index contributed by atoms with van der Waals surface area (Å²) in [5.74, 6) is 0. The van der Waals surface area contributed by atoms with E-state index < -0.39 is 0 Å². The van der Waals surface area contributed by atoms with Gasteiger partial charge < -0.3 is 0 Å². The summed E-state index contributed by atoms with van der Waals surface area (Å²) in [6.07, 6.45) is 13.6. The average Bonchev–Trinajstić information content (AvgIpc) is 3.25. The molecular formula is C56H44. The Morgan fingerprint density at radius 2 is 0.732 bits per heavy atom. The van der Waals surface area contributed by atoms with Crippen LogP contribution in [0.15, 0.2) is 194 Å². The van der Waals surface area contributed by atoms with Crippen LogP contribution in [-0.2, 0) is 0 Å². The van der Waals surface area contributed by atoms with Crippen molar-refractivity contribution in [3.05, 3.63) is 261 Å². The molecule has 0 unspecified atom stereocenters. The zero-order chi connectivity index (χ0) is 38.1. The minimum Gasteiger partial charge on any atom is -0.0622 e. The van der Waals surface area contributed by atoms with Crippen LogP contribution < -0.4 is 0 Å². The van der Waals surface area contributed by atoms with Crippen molar-refractivity contribution in [2.75, 3.05) is 0 Å². The maximum atomic E-state index is 2.32. The number of rotatable bonds is 10. The third kappa shape index (κ3) is 8.36. The summed E-state index contributed by atoms with van der Waals surface area (Å²) in [5, 5.41) is 2.47. The fourth-order valence-corrected chi connectivity index (χ4v) is 7.39. The van der Waals surface area contributed by atoms with Gasteiger partial charge in [-0.2, -0.15) is 0 Å². The van der Waals surface area contributed by atoms with E-state index in [0.29, 0.717) is 0 Å². The van der Waals surface area contributed by atoms with Crippen molar-refractivity contribution < 1.29 is 0 Å². The minimum absolute atomic E-state index is 1.17. The second kappa shape index (κ2) is 17.0. The zero-order valence-corrected chi connectivity index (χ0v) is 31.9. The fourth-order valence-electron chi connectivity index (χ4n) is 7.39. The highest BCUT2D eigenvalue weighted by molar-refractivity contribution is 5.98. The molecule has 0 spiro atoms. The molecule has 0 aromatic heterocycles. The van der Waals surface area contributed by atoms with Crippen LogP contribution >= 0.6 is 0 Å². The van der Waals surface area contributed by atoms with Crippen molar-refractivity contribution in [1.29, 1.82) is 0 Å². The summed E-state index contributed by atoms with van der Waals surface area (Å²) < 4.78 is 0. The van der Waals surface area contributed by atoms with Crippen LogP contribution in [0.2, 0.25) is 0 Å². The van der Waals surface area contributed by atoms with Crippen LogP contribution in [0.1, 0.15) is 66.8 Å². The summed E-state index contributed by atoms with van der Waals surface area (Å²) in [4.78, 5) is 0. The number of fused-ring (bicyclic) bond motifs is 1. The van der Waals surface area contributed by atoms with Crippen LogP contribution in [0.3, 0.4) is 0 Å². The van der Waals surface area contributed by atoms with E-state index >= 15 is 0 Å². The molecular weight excluding hydrogens is 673 g/mol. The first kappa shape index (κ1) is 36.0. The SMILES string of the molecule is Cc1cc(/C=C/c2ccc3ccccc3c2/C=C/c2ccc(C=C(c3ccccc3)c3ccccc3)c(C)c2)ccc1C=C(c1ccccc1)c1ccccc1. The first-order valence-electron chi connectivity index (χ1n) is 19.3. The second-order valence-electron chi connectivity index (χ2n) is 14.3. The Bertz CT molecular complexity index is 2630. The monoisotopic (exact) mass is 716 g/mol. The Kier molecular flexibility index (Phi) is 10.9. The van der Waals surface area contributed by atoms with Gasteiger partial charge in [0, 0.05) is 0 Å². The lowest BCUT2D eigenvalue weighted by Gasteiger charge is -2.11. The van der Waals surface area contributed by atoms with Crippen molar-refractivity contribution in [3.63, 3.8) is 0 Å². The van der Waals surface area contributed by atoms with Crippen molar-refractivity contribution in [2.45, 2.75) is 13.8 Å². The topological polar surface area (TPSA) is 0 Å². The zero-order valence-electron chi connectivity index (χ0n) is 31.9.